The third-order valence-corrected chi connectivity index (χ3v) is 3.00. The van der Waals surface area contributed by atoms with Crippen LogP contribution >= 0.6 is 23.2 Å². The Morgan fingerprint density at radius 2 is 2.06 bits per heavy atom. The lowest BCUT2D eigenvalue weighted by molar-refractivity contribution is -0.117. The van der Waals surface area contributed by atoms with Crippen LogP contribution in [-0.2, 0) is 16.5 Å². The zero-order valence-corrected chi connectivity index (χ0v) is 10.2. The second-order valence-electron chi connectivity index (χ2n) is 3.16. The highest BCUT2D eigenvalue weighted by Crippen LogP contribution is 2.33. The molecular formula is C10H11Cl2N2O2. The van der Waals surface area contributed by atoms with Gasteiger partial charge in [0.2, 0.25) is 5.91 Å². The molecule has 0 spiro atoms. The van der Waals surface area contributed by atoms with Crippen molar-refractivity contribution in [1.29, 1.82) is 0 Å². The van der Waals surface area contributed by atoms with Crippen LogP contribution in [0, 0.1) is 0 Å². The lowest BCUT2D eigenvalue weighted by Gasteiger charge is -2.19. The van der Waals surface area contributed by atoms with E-state index in [-0.39, 0.29) is 23.0 Å². The SMILES string of the molecule is CN(C(=O)CN)c1ccc(Cl)c(C[O])c1Cl. The maximum Gasteiger partial charge on any atom is 0.240 e. The molecule has 1 radical (unpaired) electrons. The minimum Gasteiger partial charge on any atom is -0.322 e. The number of anilines is 1. The van der Waals surface area contributed by atoms with E-state index < -0.39 is 6.61 Å². The van der Waals surface area contributed by atoms with Crippen LogP contribution in [0.25, 0.3) is 0 Å². The lowest BCUT2D eigenvalue weighted by atomic mass is 10.2. The second kappa shape index (κ2) is 5.50. The van der Waals surface area contributed by atoms with E-state index in [1.54, 1.807) is 13.1 Å². The first-order chi connectivity index (χ1) is 7.52. The first-order valence-corrected chi connectivity index (χ1v) is 5.30. The van der Waals surface area contributed by atoms with Crippen molar-refractivity contribution in [3.8, 4) is 0 Å². The van der Waals surface area contributed by atoms with Gasteiger partial charge in [-0.1, -0.05) is 23.2 Å². The highest BCUT2D eigenvalue weighted by atomic mass is 35.5. The van der Waals surface area contributed by atoms with E-state index in [9.17, 15) is 9.90 Å². The van der Waals surface area contributed by atoms with Crippen molar-refractivity contribution in [2.45, 2.75) is 6.61 Å². The molecule has 0 aliphatic heterocycles. The number of likely N-dealkylation sites (N-methyl/N-ethyl adjacent to an activating group) is 1. The standard InChI is InChI=1S/C10H11Cl2N2O2/c1-14(9(16)4-13)8-3-2-7(11)6(5-15)10(8)12/h2-3H,4-5,13H2,1H3. The molecule has 0 heterocycles. The number of nitrogens with zero attached hydrogens (tertiary/aromatic N) is 1. The average molecular weight is 262 g/mol. The van der Waals surface area contributed by atoms with Crippen LogP contribution in [0.15, 0.2) is 12.1 Å². The van der Waals surface area contributed by atoms with E-state index in [0.29, 0.717) is 10.7 Å². The number of hydrogen-bond donors (Lipinski definition) is 1. The van der Waals surface area contributed by atoms with E-state index in [4.69, 9.17) is 28.9 Å². The second-order valence-corrected chi connectivity index (χ2v) is 3.95. The summed E-state index contributed by atoms with van der Waals surface area (Å²) >= 11 is 11.8. The minimum atomic E-state index is -0.532. The minimum absolute atomic E-state index is 0.123. The van der Waals surface area contributed by atoms with Gasteiger partial charge in [-0.2, -0.15) is 0 Å². The van der Waals surface area contributed by atoms with Crippen molar-refractivity contribution in [3.05, 3.63) is 27.7 Å². The fraction of sp³-hybridized carbons (Fsp3) is 0.300. The van der Waals surface area contributed by atoms with Crippen LogP contribution in [0.3, 0.4) is 0 Å². The summed E-state index contributed by atoms with van der Waals surface area (Å²) in [5, 5.41) is 11.4. The highest BCUT2D eigenvalue weighted by molar-refractivity contribution is 6.38. The molecule has 1 rings (SSSR count). The van der Waals surface area contributed by atoms with Crippen LogP contribution in [0.4, 0.5) is 5.69 Å². The first kappa shape index (κ1) is 13.3. The van der Waals surface area contributed by atoms with E-state index >= 15 is 0 Å². The van der Waals surface area contributed by atoms with Crippen LogP contribution in [0.1, 0.15) is 5.56 Å². The van der Waals surface area contributed by atoms with Gasteiger partial charge in [0.25, 0.3) is 0 Å². The zero-order valence-electron chi connectivity index (χ0n) is 8.67. The van der Waals surface area contributed by atoms with Gasteiger partial charge in [0.05, 0.1) is 17.3 Å². The molecule has 4 nitrogen and oxygen atoms in total. The molecule has 0 saturated carbocycles. The molecule has 2 N–H and O–H groups in total. The summed E-state index contributed by atoms with van der Waals surface area (Å²) < 4.78 is 0. The Balaban J connectivity index is 3.20. The van der Waals surface area contributed by atoms with E-state index in [1.807, 2.05) is 0 Å². The van der Waals surface area contributed by atoms with Gasteiger partial charge in [-0.25, -0.2) is 5.11 Å². The quantitative estimate of drug-likeness (QED) is 0.903. The maximum absolute atomic E-state index is 11.4. The van der Waals surface area contributed by atoms with Crippen molar-refractivity contribution in [2.24, 2.45) is 5.73 Å². The zero-order chi connectivity index (χ0) is 12.3. The Morgan fingerprint density at radius 3 is 2.56 bits per heavy atom. The third-order valence-electron chi connectivity index (χ3n) is 2.22. The number of amides is 1. The van der Waals surface area contributed by atoms with Crippen LogP contribution < -0.4 is 10.6 Å². The van der Waals surface area contributed by atoms with E-state index in [1.165, 1.54) is 11.0 Å². The van der Waals surface area contributed by atoms with Crippen molar-refractivity contribution in [2.75, 3.05) is 18.5 Å². The molecule has 0 atom stereocenters. The summed E-state index contributed by atoms with van der Waals surface area (Å²) in [6.07, 6.45) is 0. The van der Waals surface area contributed by atoms with E-state index in [2.05, 4.69) is 0 Å². The lowest BCUT2D eigenvalue weighted by Crippen LogP contribution is -2.32. The summed E-state index contributed by atoms with van der Waals surface area (Å²) in [7, 11) is 1.54. The predicted molar refractivity (Wildman–Crippen MR) is 63.3 cm³/mol. The average Bonchev–Trinajstić information content (AvgIpc) is 2.28. The molecule has 0 aliphatic carbocycles. The Labute approximate surface area is 104 Å². The summed E-state index contributed by atoms with van der Waals surface area (Å²) in [4.78, 5) is 12.7. The first-order valence-electron chi connectivity index (χ1n) is 4.54. The van der Waals surface area contributed by atoms with E-state index in [0.717, 1.165) is 0 Å². The summed E-state index contributed by atoms with van der Waals surface area (Å²) in [6.45, 7) is -0.654. The summed E-state index contributed by atoms with van der Waals surface area (Å²) in [6, 6.07) is 3.12. The number of rotatable bonds is 3. The maximum atomic E-state index is 11.4. The number of nitrogens with two attached hydrogens (primary N) is 1. The number of carbonyl (C=O) groups excluding carboxylic acids is 1. The van der Waals surface area contributed by atoms with Gasteiger partial charge in [-0.05, 0) is 12.1 Å². The van der Waals surface area contributed by atoms with Gasteiger partial charge in [0, 0.05) is 17.6 Å². The molecule has 1 amide bonds. The molecule has 0 fully saturated rings. The fourth-order valence-electron chi connectivity index (χ4n) is 1.25. The molecule has 16 heavy (non-hydrogen) atoms. The Hall–Kier alpha value is -0.810. The molecule has 6 heteroatoms. The van der Waals surface area contributed by atoms with Crippen LogP contribution in [0.2, 0.25) is 10.0 Å². The molecular weight excluding hydrogens is 251 g/mol. The molecule has 0 aromatic heterocycles. The normalized spacial score (nSPS) is 10.3. The van der Waals surface area contributed by atoms with Crippen molar-refractivity contribution in [3.63, 3.8) is 0 Å². The third kappa shape index (κ3) is 2.47. The van der Waals surface area contributed by atoms with Crippen LogP contribution in [0.5, 0.6) is 0 Å². The Kier molecular flexibility index (Phi) is 4.56. The smallest absolute Gasteiger partial charge is 0.240 e. The van der Waals surface area contributed by atoms with Gasteiger partial charge >= 0.3 is 0 Å². The molecule has 1 aromatic rings. The van der Waals surface area contributed by atoms with Crippen LogP contribution in [-0.4, -0.2) is 19.5 Å². The summed E-state index contributed by atoms with van der Waals surface area (Å²) in [5.41, 5.74) is 5.97. The Morgan fingerprint density at radius 1 is 1.44 bits per heavy atom. The van der Waals surface area contributed by atoms with Crippen molar-refractivity contribution < 1.29 is 9.90 Å². The predicted octanol–water partition coefficient (Wildman–Crippen LogP) is 1.85. The Bertz CT molecular complexity index is 410. The van der Waals surface area contributed by atoms with Gasteiger partial charge in [-0.3, -0.25) is 4.79 Å². The largest absolute Gasteiger partial charge is 0.322 e. The molecule has 0 unspecified atom stereocenters. The number of halogens is 2. The molecule has 1 aromatic carbocycles. The summed E-state index contributed by atoms with van der Waals surface area (Å²) in [5.74, 6) is -0.291. The van der Waals surface area contributed by atoms with Gasteiger partial charge in [-0.15, -0.1) is 0 Å². The number of benzene rings is 1. The monoisotopic (exact) mass is 261 g/mol. The fourth-order valence-corrected chi connectivity index (χ4v) is 1.85. The topological polar surface area (TPSA) is 66.2 Å². The molecule has 0 bridgehead atoms. The van der Waals surface area contributed by atoms with Crippen molar-refractivity contribution >= 4 is 34.8 Å². The molecule has 87 valence electrons. The highest BCUT2D eigenvalue weighted by Gasteiger charge is 2.16. The molecule has 0 aliphatic rings. The van der Waals surface area contributed by atoms with Crippen molar-refractivity contribution in [1.82, 2.24) is 0 Å². The molecule has 0 saturated heterocycles. The van der Waals surface area contributed by atoms with Gasteiger partial charge in [0.1, 0.15) is 6.61 Å². The van der Waals surface area contributed by atoms with Gasteiger partial charge < -0.3 is 10.6 Å². The number of hydrogen-bond acceptors (Lipinski definition) is 2. The number of carbonyl (C=O) groups is 1. The van der Waals surface area contributed by atoms with Gasteiger partial charge in [0.15, 0.2) is 0 Å².